The zero-order chi connectivity index (χ0) is 10.4. The third-order valence-electron chi connectivity index (χ3n) is 1.71. The molecule has 1 aromatic carbocycles. The van der Waals surface area contributed by atoms with Crippen LogP contribution in [0.25, 0.3) is 0 Å². The Morgan fingerprint density at radius 1 is 1.57 bits per heavy atom. The summed E-state index contributed by atoms with van der Waals surface area (Å²) in [4.78, 5) is 10.2. The van der Waals surface area contributed by atoms with Crippen LogP contribution in [0.1, 0.15) is 5.56 Å². The quantitative estimate of drug-likeness (QED) is 0.744. The number of rotatable bonds is 5. The maximum absolute atomic E-state index is 10.2. The molecule has 1 rings (SSSR count). The van der Waals surface area contributed by atoms with Gasteiger partial charge in [0.05, 0.1) is 6.61 Å². The molecule has 4 nitrogen and oxygen atoms in total. The Balaban J connectivity index is 2.46. The number of ether oxygens (including phenoxy) is 1. The Morgan fingerprint density at radius 3 is 3.00 bits per heavy atom. The Kier molecular flexibility index (Phi) is 3.94. The van der Waals surface area contributed by atoms with Gasteiger partial charge in [0.2, 0.25) is 0 Å². The normalized spacial score (nSPS) is 9.79. The van der Waals surface area contributed by atoms with Crippen molar-refractivity contribution in [2.24, 2.45) is 0 Å². The van der Waals surface area contributed by atoms with Crippen LogP contribution in [0.2, 0.25) is 0 Å². The van der Waals surface area contributed by atoms with Crippen LogP contribution in [0.3, 0.4) is 0 Å². The highest BCUT2D eigenvalue weighted by Crippen LogP contribution is 2.10. The number of carbonyl (C=O) groups is 1. The molecule has 1 aromatic rings. The first kappa shape index (κ1) is 10.5. The zero-order valence-electron chi connectivity index (χ0n) is 7.99. The van der Waals surface area contributed by atoms with Gasteiger partial charge < -0.3 is 15.2 Å². The largest absolute Gasteiger partial charge is 0.480 e. The molecule has 0 spiro atoms. The highest BCUT2D eigenvalue weighted by molar-refractivity contribution is 5.68. The predicted octanol–water partition coefficient (Wildman–Crippen LogP) is 1.33. The second-order valence-corrected chi connectivity index (χ2v) is 2.84. The minimum atomic E-state index is -0.949. The van der Waals surface area contributed by atoms with Crippen molar-refractivity contribution in [3.05, 3.63) is 29.8 Å². The van der Waals surface area contributed by atoms with Crippen LogP contribution in [0.4, 0.5) is 5.69 Å². The summed E-state index contributed by atoms with van der Waals surface area (Å²) in [6, 6.07) is 7.64. The standard InChI is InChI=1S/C10H13NO3/c1-11-9-4-2-3-8(5-9)6-14-7-10(12)13/h2-5,11H,6-7H2,1H3,(H,12,13). The molecule has 0 aliphatic carbocycles. The second kappa shape index (κ2) is 5.24. The number of hydrogen-bond acceptors (Lipinski definition) is 3. The lowest BCUT2D eigenvalue weighted by atomic mass is 10.2. The monoisotopic (exact) mass is 195 g/mol. The van der Waals surface area contributed by atoms with Gasteiger partial charge in [-0.25, -0.2) is 4.79 Å². The number of hydrogen-bond donors (Lipinski definition) is 2. The summed E-state index contributed by atoms with van der Waals surface area (Å²) < 4.78 is 4.95. The smallest absolute Gasteiger partial charge is 0.329 e. The number of carboxylic acid groups (broad SMARTS) is 1. The second-order valence-electron chi connectivity index (χ2n) is 2.84. The van der Waals surface area contributed by atoms with Crippen LogP contribution < -0.4 is 5.32 Å². The molecule has 76 valence electrons. The maximum atomic E-state index is 10.2. The zero-order valence-corrected chi connectivity index (χ0v) is 7.99. The van der Waals surface area contributed by atoms with Crippen molar-refractivity contribution in [3.63, 3.8) is 0 Å². The Bertz CT molecular complexity index is 312. The molecule has 0 atom stereocenters. The molecule has 0 amide bonds. The van der Waals surface area contributed by atoms with E-state index in [1.54, 1.807) is 0 Å². The summed E-state index contributed by atoms with van der Waals surface area (Å²) in [6.45, 7) is 0.0611. The van der Waals surface area contributed by atoms with E-state index in [1.807, 2.05) is 31.3 Å². The van der Waals surface area contributed by atoms with Gasteiger partial charge in [0, 0.05) is 12.7 Å². The molecule has 0 bridgehead atoms. The molecule has 0 saturated heterocycles. The molecule has 0 saturated carbocycles. The number of carboxylic acids is 1. The first-order valence-electron chi connectivity index (χ1n) is 4.28. The van der Waals surface area contributed by atoms with Gasteiger partial charge in [0.15, 0.2) is 0 Å². The third kappa shape index (κ3) is 3.45. The fraction of sp³-hybridized carbons (Fsp3) is 0.300. The average Bonchev–Trinajstić information content (AvgIpc) is 2.18. The van der Waals surface area contributed by atoms with Crippen molar-refractivity contribution in [3.8, 4) is 0 Å². The van der Waals surface area contributed by atoms with Crippen molar-refractivity contribution >= 4 is 11.7 Å². The van der Waals surface area contributed by atoms with E-state index >= 15 is 0 Å². The van der Waals surface area contributed by atoms with Gasteiger partial charge in [-0.05, 0) is 17.7 Å². The number of benzene rings is 1. The van der Waals surface area contributed by atoms with Crippen molar-refractivity contribution in [2.75, 3.05) is 19.0 Å². The first-order valence-corrected chi connectivity index (χ1v) is 4.28. The van der Waals surface area contributed by atoms with Gasteiger partial charge >= 0.3 is 5.97 Å². The van der Waals surface area contributed by atoms with Crippen LogP contribution in [-0.2, 0) is 16.1 Å². The molecule has 0 aliphatic rings. The van der Waals surface area contributed by atoms with Crippen LogP contribution in [-0.4, -0.2) is 24.7 Å². The van der Waals surface area contributed by atoms with Crippen LogP contribution in [0.5, 0.6) is 0 Å². The van der Waals surface area contributed by atoms with Crippen LogP contribution in [0.15, 0.2) is 24.3 Å². The Hall–Kier alpha value is -1.55. The van der Waals surface area contributed by atoms with E-state index in [4.69, 9.17) is 9.84 Å². The summed E-state index contributed by atoms with van der Waals surface area (Å²) in [7, 11) is 1.83. The van der Waals surface area contributed by atoms with Gasteiger partial charge in [-0.15, -0.1) is 0 Å². The highest BCUT2D eigenvalue weighted by Gasteiger charge is 1.98. The molecule has 0 aliphatic heterocycles. The van der Waals surface area contributed by atoms with Crippen molar-refractivity contribution < 1.29 is 14.6 Å². The van der Waals surface area contributed by atoms with Gasteiger partial charge in [-0.2, -0.15) is 0 Å². The van der Waals surface area contributed by atoms with Crippen molar-refractivity contribution in [2.45, 2.75) is 6.61 Å². The lowest BCUT2D eigenvalue weighted by Gasteiger charge is -2.04. The lowest BCUT2D eigenvalue weighted by Crippen LogP contribution is -2.06. The topological polar surface area (TPSA) is 58.6 Å². The Morgan fingerprint density at radius 2 is 2.36 bits per heavy atom. The van der Waals surface area contributed by atoms with Gasteiger partial charge in [0.25, 0.3) is 0 Å². The van der Waals surface area contributed by atoms with Crippen LogP contribution in [0, 0.1) is 0 Å². The maximum Gasteiger partial charge on any atom is 0.329 e. The van der Waals surface area contributed by atoms with Crippen LogP contribution >= 0.6 is 0 Å². The number of anilines is 1. The molecule has 0 aromatic heterocycles. The molecule has 2 N–H and O–H groups in total. The van der Waals surface area contributed by atoms with E-state index in [0.29, 0.717) is 6.61 Å². The molecule has 0 fully saturated rings. The van der Waals surface area contributed by atoms with E-state index in [2.05, 4.69) is 5.32 Å². The minimum absolute atomic E-state index is 0.260. The molecular formula is C10H13NO3. The number of aliphatic carboxylic acids is 1. The lowest BCUT2D eigenvalue weighted by molar-refractivity contribution is -0.142. The summed E-state index contributed by atoms with van der Waals surface area (Å²) in [6.07, 6.45) is 0. The summed E-state index contributed by atoms with van der Waals surface area (Å²) in [5, 5.41) is 11.3. The highest BCUT2D eigenvalue weighted by atomic mass is 16.5. The summed E-state index contributed by atoms with van der Waals surface area (Å²) in [5.41, 5.74) is 1.94. The van der Waals surface area contributed by atoms with Crippen molar-refractivity contribution in [1.29, 1.82) is 0 Å². The van der Waals surface area contributed by atoms with Gasteiger partial charge in [-0.3, -0.25) is 0 Å². The van der Waals surface area contributed by atoms with E-state index < -0.39 is 5.97 Å². The van der Waals surface area contributed by atoms with Gasteiger partial charge in [-0.1, -0.05) is 12.1 Å². The fourth-order valence-corrected chi connectivity index (χ4v) is 1.07. The minimum Gasteiger partial charge on any atom is -0.480 e. The molecule has 0 unspecified atom stereocenters. The van der Waals surface area contributed by atoms with E-state index in [1.165, 1.54) is 0 Å². The van der Waals surface area contributed by atoms with E-state index in [9.17, 15) is 4.79 Å². The molecule has 0 heterocycles. The summed E-state index contributed by atoms with van der Waals surface area (Å²) in [5.74, 6) is -0.949. The summed E-state index contributed by atoms with van der Waals surface area (Å²) >= 11 is 0. The number of nitrogens with one attached hydrogen (secondary N) is 1. The third-order valence-corrected chi connectivity index (χ3v) is 1.71. The fourth-order valence-electron chi connectivity index (χ4n) is 1.07. The molecule has 14 heavy (non-hydrogen) atoms. The van der Waals surface area contributed by atoms with Gasteiger partial charge in [0.1, 0.15) is 6.61 Å². The van der Waals surface area contributed by atoms with E-state index in [-0.39, 0.29) is 6.61 Å². The predicted molar refractivity (Wildman–Crippen MR) is 53.3 cm³/mol. The molecule has 4 heteroatoms. The van der Waals surface area contributed by atoms with Crippen molar-refractivity contribution in [1.82, 2.24) is 0 Å². The first-order chi connectivity index (χ1) is 6.72. The Labute approximate surface area is 82.5 Å². The van der Waals surface area contributed by atoms with E-state index in [0.717, 1.165) is 11.3 Å². The SMILES string of the molecule is CNc1cccc(COCC(=O)O)c1. The average molecular weight is 195 g/mol. The molecule has 0 radical (unpaired) electrons. The molecular weight excluding hydrogens is 182 g/mol.